The molecule has 0 bridgehead atoms. The second-order valence-electron chi connectivity index (χ2n) is 5.29. The Morgan fingerprint density at radius 1 is 1.10 bits per heavy atom. The largest absolute Gasteiger partial charge is 0.310 e. The second kappa shape index (κ2) is 6.24. The average molecular weight is 299 g/mol. The minimum absolute atomic E-state index is 0.636. The summed E-state index contributed by atoms with van der Waals surface area (Å²) in [5.74, 6) is 0.636. The Labute approximate surface area is 127 Å². The molecule has 0 amide bonds. The Morgan fingerprint density at radius 2 is 1.90 bits per heavy atom. The van der Waals surface area contributed by atoms with Gasteiger partial charge in [0.1, 0.15) is 10.0 Å². The third kappa shape index (κ3) is 3.40. The van der Waals surface area contributed by atoms with Gasteiger partial charge >= 0.3 is 0 Å². The molecule has 1 N–H and O–H groups in total. The van der Waals surface area contributed by atoms with Crippen LogP contribution in [0.5, 0.6) is 0 Å². The average Bonchev–Trinajstić information content (AvgIpc) is 2.95. The molecule has 3 aromatic rings. The van der Waals surface area contributed by atoms with E-state index in [1.165, 1.54) is 0 Å². The van der Waals surface area contributed by atoms with Gasteiger partial charge in [-0.3, -0.25) is 9.97 Å². The maximum Gasteiger partial charge on any atom is 0.147 e. The lowest BCUT2D eigenvalue weighted by molar-refractivity contribution is 0.550. The lowest BCUT2D eigenvalue weighted by Crippen LogP contribution is -2.18. The van der Waals surface area contributed by atoms with Gasteiger partial charge in [-0.05, 0) is 30.7 Å². The normalized spacial score (nSPS) is 11.4. The van der Waals surface area contributed by atoms with Crippen LogP contribution >= 0.6 is 11.3 Å². The molecule has 0 spiro atoms. The van der Waals surface area contributed by atoms with Crippen LogP contribution < -0.4 is 5.32 Å². The zero-order chi connectivity index (χ0) is 14.7. The summed E-state index contributed by atoms with van der Waals surface area (Å²) in [6.07, 6.45) is 3.40. The van der Waals surface area contributed by atoms with E-state index in [-0.39, 0.29) is 0 Å². The molecule has 2 heterocycles. The van der Waals surface area contributed by atoms with Gasteiger partial charge in [0.2, 0.25) is 0 Å². The summed E-state index contributed by atoms with van der Waals surface area (Å²) in [5, 5.41) is 13.8. The maximum atomic E-state index is 4.32. The van der Waals surface area contributed by atoms with Crippen molar-refractivity contribution in [2.75, 3.05) is 6.54 Å². The lowest BCUT2D eigenvalue weighted by atomic mass is 10.2. The zero-order valence-corrected chi connectivity index (χ0v) is 12.9. The highest BCUT2D eigenvalue weighted by molar-refractivity contribution is 7.14. The minimum Gasteiger partial charge on any atom is -0.310 e. The molecule has 0 unspecified atom stereocenters. The van der Waals surface area contributed by atoms with Gasteiger partial charge < -0.3 is 5.32 Å². The Kier molecular flexibility index (Phi) is 4.17. The summed E-state index contributed by atoms with van der Waals surface area (Å²) in [4.78, 5) is 8.60. The topological polar surface area (TPSA) is 63.6 Å². The predicted molar refractivity (Wildman–Crippen MR) is 85.0 cm³/mol. The van der Waals surface area contributed by atoms with E-state index in [1.807, 2.05) is 18.2 Å². The monoisotopic (exact) mass is 299 g/mol. The number of hydrogen-bond donors (Lipinski definition) is 1. The molecule has 0 aliphatic heterocycles. The van der Waals surface area contributed by atoms with E-state index >= 15 is 0 Å². The van der Waals surface area contributed by atoms with Crippen LogP contribution in [0.1, 0.15) is 18.9 Å². The van der Waals surface area contributed by atoms with Crippen molar-refractivity contribution in [3.63, 3.8) is 0 Å². The summed E-state index contributed by atoms with van der Waals surface area (Å²) in [5.41, 5.74) is 2.81. The maximum absolute atomic E-state index is 4.32. The first kappa shape index (κ1) is 14.0. The van der Waals surface area contributed by atoms with Gasteiger partial charge in [-0.25, -0.2) is 0 Å². The highest BCUT2D eigenvalue weighted by Crippen LogP contribution is 2.25. The third-order valence-corrected chi connectivity index (χ3v) is 3.98. The number of aromatic nitrogens is 4. The molecule has 6 heteroatoms. The molecule has 0 fully saturated rings. The first-order valence-electron chi connectivity index (χ1n) is 6.96. The van der Waals surface area contributed by atoms with E-state index in [1.54, 1.807) is 23.7 Å². The predicted octanol–water partition coefficient (Wildman–Crippen LogP) is 2.89. The lowest BCUT2D eigenvalue weighted by Gasteiger charge is -2.04. The first-order chi connectivity index (χ1) is 10.2. The summed E-state index contributed by atoms with van der Waals surface area (Å²) in [7, 11) is 0. The quantitative estimate of drug-likeness (QED) is 0.785. The van der Waals surface area contributed by atoms with Crippen molar-refractivity contribution in [1.82, 2.24) is 25.5 Å². The number of fused-ring (bicyclic) bond motifs is 1. The van der Waals surface area contributed by atoms with Crippen molar-refractivity contribution in [1.29, 1.82) is 0 Å². The van der Waals surface area contributed by atoms with Crippen LogP contribution in [0, 0.1) is 5.92 Å². The molecule has 0 radical (unpaired) electrons. The SMILES string of the molecule is CC(C)CNCc1nnc(-c2ccc3nccnc3c2)s1. The molecule has 2 aromatic heterocycles. The van der Waals surface area contributed by atoms with Crippen LogP contribution in [0.15, 0.2) is 30.6 Å². The third-order valence-electron chi connectivity index (χ3n) is 3.01. The molecule has 0 aliphatic carbocycles. The number of nitrogens with one attached hydrogen (secondary N) is 1. The summed E-state index contributed by atoms with van der Waals surface area (Å²) in [6.45, 7) is 6.13. The van der Waals surface area contributed by atoms with Crippen LogP contribution in [0.4, 0.5) is 0 Å². The van der Waals surface area contributed by atoms with E-state index in [4.69, 9.17) is 0 Å². The smallest absolute Gasteiger partial charge is 0.147 e. The summed E-state index contributed by atoms with van der Waals surface area (Å²) >= 11 is 1.61. The van der Waals surface area contributed by atoms with E-state index in [9.17, 15) is 0 Å². The molecular weight excluding hydrogens is 282 g/mol. The van der Waals surface area contributed by atoms with Crippen LogP contribution in [0.25, 0.3) is 21.6 Å². The second-order valence-corrected chi connectivity index (χ2v) is 6.35. The van der Waals surface area contributed by atoms with Gasteiger partial charge in [0.15, 0.2) is 0 Å². The Bertz CT molecular complexity index is 738. The highest BCUT2D eigenvalue weighted by Gasteiger charge is 2.08. The van der Waals surface area contributed by atoms with E-state index in [0.717, 1.165) is 39.7 Å². The van der Waals surface area contributed by atoms with E-state index in [2.05, 4.69) is 39.3 Å². The van der Waals surface area contributed by atoms with Gasteiger partial charge in [0.05, 0.1) is 11.0 Å². The fraction of sp³-hybridized carbons (Fsp3) is 0.333. The molecule has 0 saturated carbocycles. The van der Waals surface area contributed by atoms with E-state index in [0.29, 0.717) is 5.92 Å². The van der Waals surface area contributed by atoms with Gasteiger partial charge in [-0.1, -0.05) is 25.2 Å². The highest BCUT2D eigenvalue weighted by atomic mass is 32.1. The van der Waals surface area contributed by atoms with Crippen molar-refractivity contribution in [3.8, 4) is 10.6 Å². The number of hydrogen-bond acceptors (Lipinski definition) is 6. The Balaban J connectivity index is 1.77. The fourth-order valence-corrected chi connectivity index (χ4v) is 2.81. The molecule has 0 saturated heterocycles. The fourth-order valence-electron chi connectivity index (χ4n) is 2.01. The molecule has 108 valence electrons. The molecular formula is C15H17N5S. The standard InChI is InChI=1S/C15H17N5S/c1-10(2)8-16-9-14-19-20-15(21-14)11-3-4-12-13(7-11)18-6-5-17-12/h3-7,10,16H,8-9H2,1-2H3. The molecule has 5 nitrogen and oxygen atoms in total. The first-order valence-corrected chi connectivity index (χ1v) is 7.78. The molecule has 0 aliphatic rings. The number of nitrogens with zero attached hydrogens (tertiary/aromatic N) is 4. The van der Waals surface area contributed by atoms with Gasteiger partial charge in [0.25, 0.3) is 0 Å². The van der Waals surface area contributed by atoms with Gasteiger partial charge in [0, 0.05) is 24.5 Å². The van der Waals surface area contributed by atoms with Gasteiger partial charge in [-0.15, -0.1) is 10.2 Å². The zero-order valence-electron chi connectivity index (χ0n) is 12.1. The Hall–Kier alpha value is -1.92. The van der Waals surface area contributed by atoms with Crippen LogP contribution in [-0.4, -0.2) is 26.7 Å². The Morgan fingerprint density at radius 3 is 2.71 bits per heavy atom. The van der Waals surface area contributed by atoms with Gasteiger partial charge in [-0.2, -0.15) is 0 Å². The van der Waals surface area contributed by atoms with Crippen LogP contribution in [0.2, 0.25) is 0 Å². The summed E-state index contributed by atoms with van der Waals surface area (Å²) in [6, 6.07) is 5.99. The van der Waals surface area contributed by atoms with Crippen molar-refractivity contribution in [3.05, 3.63) is 35.6 Å². The number of rotatable bonds is 5. The van der Waals surface area contributed by atoms with Crippen LogP contribution in [0.3, 0.4) is 0 Å². The van der Waals surface area contributed by atoms with Crippen molar-refractivity contribution in [2.24, 2.45) is 5.92 Å². The van der Waals surface area contributed by atoms with Crippen molar-refractivity contribution in [2.45, 2.75) is 20.4 Å². The van der Waals surface area contributed by atoms with Crippen molar-refractivity contribution >= 4 is 22.4 Å². The summed E-state index contributed by atoms with van der Waals surface area (Å²) < 4.78 is 0. The molecule has 3 rings (SSSR count). The van der Waals surface area contributed by atoms with Crippen LogP contribution in [-0.2, 0) is 6.54 Å². The molecule has 0 atom stereocenters. The minimum atomic E-state index is 0.636. The molecule has 21 heavy (non-hydrogen) atoms. The number of benzene rings is 1. The molecule has 1 aromatic carbocycles. The van der Waals surface area contributed by atoms with E-state index < -0.39 is 0 Å². The van der Waals surface area contributed by atoms with Crippen molar-refractivity contribution < 1.29 is 0 Å².